The summed E-state index contributed by atoms with van der Waals surface area (Å²) in [6.07, 6.45) is 0. The molecule has 1 aromatic heterocycles. The molecule has 0 bridgehead atoms. The molecular weight excluding hydrogens is 214 g/mol. The van der Waals surface area contributed by atoms with E-state index in [2.05, 4.69) is 60.3 Å². The van der Waals surface area contributed by atoms with Crippen LogP contribution in [0.3, 0.4) is 0 Å². The summed E-state index contributed by atoms with van der Waals surface area (Å²) >= 11 is 1.75. The maximum absolute atomic E-state index is 3.53. The van der Waals surface area contributed by atoms with Crippen LogP contribution < -0.4 is 5.32 Å². The Morgan fingerprint density at radius 3 is 2.56 bits per heavy atom. The summed E-state index contributed by atoms with van der Waals surface area (Å²) < 4.78 is 0. The Bertz CT molecular complexity index is 417. The van der Waals surface area contributed by atoms with Crippen molar-refractivity contribution in [1.82, 2.24) is 5.32 Å². The van der Waals surface area contributed by atoms with Crippen molar-refractivity contribution < 1.29 is 0 Å². The zero-order valence-electron chi connectivity index (χ0n) is 9.73. The van der Waals surface area contributed by atoms with Crippen LogP contribution in [0, 0.1) is 6.92 Å². The van der Waals surface area contributed by atoms with Crippen molar-refractivity contribution in [2.75, 3.05) is 0 Å². The molecule has 84 valence electrons. The van der Waals surface area contributed by atoms with Gasteiger partial charge in [-0.1, -0.05) is 29.8 Å². The van der Waals surface area contributed by atoms with Gasteiger partial charge in [-0.25, -0.2) is 0 Å². The Kier molecular flexibility index (Phi) is 3.75. The zero-order chi connectivity index (χ0) is 11.4. The first-order valence-corrected chi connectivity index (χ1v) is 6.51. The first-order chi connectivity index (χ1) is 7.75. The van der Waals surface area contributed by atoms with E-state index in [0.717, 1.165) is 6.54 Å². The lowest BCUT2D eigenvalue weighted by Gasteiger charge is -2.13. The molecule has 0 spiro atoms. The fourth-order valence-electron chi connectivity index (χ4n) is 1.64. The molecule has 0 amide bonds. The van der Waals surface area contributed by atoms with Crippen LogP contribution in [0.1, 0.15) is 29.7 Å². The van der Waals surface area contributed by atoms with Crippen LogP contribution in [0.25, 0.3) is 0 Å². The highest BCUT2D eigenvalue weighted by Gasteiger charge is 2.04. The van der Waals surface area contributed by atoms with Crippen molar-refractivity contribution in [3.63, 3.8) is 0 Å². The van der Waals surface area contributed by atoms with E-state index in [0.29, 0.717) is 6.04 Å². The van der Waals surface area contributed by atoms with E-state index in [1.165, 1.54) is 16.7 Å². The van der Waals surface area contributed by atoms with Gasteiger partial charge in [0.25, 0.3) is 0 Å². The molecule has 0 saturated heterocycles. The second-order valence-corrected chi connectivity index (χ2v) is 4.92. The summed E-state index contributed by atoms with van der Waals surface area (Å²) in [5.74, 6) is 0. The molecule has 0 aliphatic rings. The van der Waals surface area contributed by atoms with E-state index >= 15 is 0 Å². The van der Waals surface area contributed by atoms with Crippen LogP contribution in [0.2, 0.25) is 0 Å². The van der Waals surface area contributed by atoms with Crippen molar-refractivity contribution in [3.05, 3.63) is 57.8 Å². The molecule has 1 heterocycles. The minimum Gasteiger partial charge on any atom is -0.306 e. The van der Waals surface area contributed by atoms with Gasteiger partial charge in [-0.15, -0.1) is 0 Å². The second kappa shape index (κ2) is 5.28. The smallest absolute Gasteiger partial charge is 0.0294 e. The van der Waals surface area contributed by atoms with Gasteiger partial charge in [0.05, 0.1) is 0 Å². The van der Waals surface area contributed by atoms with Gasteiger partial charge >= 0.3 is 0 Å². The second-order valence-electron chi connectivity index (χ2n) is 4.14. The molecule has 0 aliphatic heterocycles. The monoisotopic (exact) mass is 231 g/mol. The Labute approximate surface area is 101 Å². The third kappa shape index (κ3) is 2.94. The number of nitrogens with one attached hydrogen (secondary N) is 1. The Balaban J connectivity index is 1.93. The quantitative estimate of drug-likeness (QED) is 0.841. The summed E-state index contributed by atoms with van der Waals surface area (Å²) in [4.78, 5) is 0. The zero-order valence-corrected chi connectivity index (χ0v) is 10.6. The molecular formula is C14H17NS. The molecule has 2 rings (SSSR count). The third-order valence-corrected chi connectivity index (χ3v) is 3.50. The highest BCUT2D eigenvalue weighted by Crippen LogP contribution is 2.14. The van der Waals surface area contributed by atoms with Crippen molar-refractivity contribution in [2.45, 2.75) is 26.4 Å². The van der Waals surface area contributed by atoms with Crippen molar-refractivity contribution in [1.29, 1.82) is 0 Å². The van der Waals surface area contributed by atoms with Crippen LogP contribution >= 0.6 is 11.3 Å². The van der Waals surface area contributed by atoms with Gasteiger partial charge in [0, 0.05) is 12.6 Å². The molecule has 0 aliphatic carbocycles. The van der Waals surface area contributed by atoms with E-state index in [4.69, 9.17) is 0 Å². The lowest BCUT2D eigenvalue weighted by Crippen LogP contribution is -2.17. The fraction of sp³-hybridized carbons (Fsp3) is 0.286. The van der Waals surface area contributed by atoms with Gasteiger partial charge in [-0.3, -0.25) is 0 Å². The minimum absolute atomic E-state index is 0.403. The first kappa shape index (κ1) is 11.4. The van der Waals surface area contributed by atoms with Gasteiger partial charge in [-0.05, 0) is 41.8 Å². The third-order valence-electron chi connectivity index (χ3n) is 2.77. The Morgan fingerprint density at radius 1 is 1.19 bits per heavy atom. The molecule has 0 fully saturated rings. The summed E-state index contributed by atoms with van der Waals surface area (Å²) in [6, 6.07) is 11.3. The van der Waals surface area contributed by atoms with Crippen molar-refractivity contribution >= 4 is 11.3 Å². The molecule has 1 N–H and O–H groups in total. The highest BCUT2D eigenvalue weighted by atomic mass is 32.1. The molecule has 2 aromatic rings. The Morgan fingerprint density at radius 2 is 1.94 bits per heavy atom. The predicted octanol–water partition coefficient (Wildman–Crippen LogP) is 3.91. The van der Waals surface area contributed by atoms with Crippen LogP contribution in [0.4, 0.5) is 0 Å². The highest BCUT2D eigenvalue weighted by molar-refractivity contribution is 7.07. The van der Waals surface area contributed by atoms with Crippen molar-refractivity contribution in [3.8, 4) is 0 Å². The van der Waals surface area contributed by atoms with E-state index in [1.54, 1.807) is 11.3 Å². The molecule has 16 heavy (non-hydrogen) atoms. The van der Waals surface area contributed by atoms with Gasteiger partial charge < -0.3 is 5.32 Å². The SMILES string of the molecule is Cc1ccc([C@H](C)NCc2ccsc2)cc1. The summed E-state index contributed by atoms with van der Waals surface area (Å²) in [7, 11) is 0. The van der Waals surface area contributed by atoms with Gasteiger partial charge in [-0.2, -0.15) is 11.3 Å². The average Bonchev–Trinajstić information content (AvgIpc) is 2.80. The van der Waals surface area contributed by atoms with Crippen LogP contribution in [-0.2, 0) is 6.54 Å². The first-order valence-electron chi connectivity index (χ1n) is 5.57. The van der Waals surface area contributed by atoms with Crippen LogP contribution in [0.5, 0.6) is 0 Å². The largest absolute Gasteiger partial charge is 0.306 e. The lowest BCUT2D eigenvalue weighted by molar-refractivity contribution is 0.575. The van der Waals surface area contributed by atoms with Crippen LogP contribution in [-0.4, -0.2) is 0 Å². The van der Waals surface area contributed by atoms with Gasteiger partial charge in [0.2, 0.25) is 0 Å². The van der Waals surface area contributed by atoms with E-state index < -0.39 is 0 Å². The normalized spacial score (nSPS) is 12.6. The van der Waals surface area contributed by atoms with Crippen LogP contribution in [0.15, 0.2) is 41.1 Å². The Hall–Kier alpha value is -1.12. The number of thiophene rings is 1. The molecule has 2 heteroatoms. The summed E-state index contributed by atoms with van der Waals surface area (Å²) in [5.41, 5.74) is 4.03. The van der Waals surface area contributed by atoms with Gasteiger partial charge in [0.1, 0.15) is 0 Å². The van der Waals surface area contributed by atoms with Gasteiger partial charge in [0.15, 0.2) is 0 Å². The fourth-order valence-corrected chi connectivity index (χ4v) is 2.31. The topological polar surface area (TPSA) is 12.0 Å². The summed E-state index contributed by atoms with van der Waals surface area (Å²) in [5, 5.41) is 7.84. The summed E-state index contributed by atoms with van der Waals surface area (Å²) in [6.45, 7) is 5.27. The number of benzene rings is 1. The number of aryl methyl sites for hydroxylation is 1. The number of hydrogen-bond acceptors (Lipinski definition) is 2. The number of hydrogen-bond donors (Lipinski definition) is 1. The molecule has 1 atom stereocenters. The number of rotatable bonds is 4. The molecule has 0 radical (unpaired) electrons. The lowest BCUT2D eigenvalue weighted by atomic mass is 10.1. The average molecular weight is 231 g/mol. The molecule has 0 unspecified atom stereocenters. The van der Waals surface area contributed by atoms with E-state index in [1.807, 2.05) is 0 Å². The molecule has 1 nitrogen and oxygen atoms in total. The van der Waals surface area contributed by atoms with Crippen molar-refractivity contribution in [2.24, 2.45) is 0 Å². The molecule has 1 aromatic carbocycles. The minimum atomic E-state index is 0.403. The molecule has 0 saturated carbocycles. The predicted molar refractivity (Wildman–Crippen MR) is 70.8 cm³/mol. The van der Waals surface area contributed by atoms with E-state index in [9.17, 15) is 0 Å². The standard InChI is InChI=1S/C14H17NS/c1-11-3-5-14(6-4-11)12(2)15-9-13-7-8-16-10-13/h3-8,10,12,15H,9H2,1-2H3/t12-/m0/s1. The maximum Gasteiger partial charge on any atom is 0.0294 e. The van der Waals surface area contributed by atoms with E-state index in [-0.39, 0.29) is 0 Å². The maximum atomic E-state index is 3.53.